The van der Waals surface area contributed by atoms with Gasteiger partial charge in [0.15, 0.2) is 0 Å². The highest BCUT2D eigenvalue weighted by Crippen LogP contribution is 2.14. The van der Waals surface area contributed by atoms with Crippen LogP contribution < -0.4 is 0 Å². The molecule has 0 aromatic rings. The van der Waals surface area contributed by atoms with Gasteiger partial charge in [-0.3, -0.25) is 9.59 Å². The van der Waals surface area contributed by atoms with Crippen molar-refractivity contribution in [1.82, 2.24) is 0 Å². The quantitative estimate of drug-likeness (QED) is 0.163. The van der Waals surface area contributed by atoms with E-state index in [9.17, 15) is 9.59 Å². The van der Waals surface area contributed by atoms with Gasteiger partial charge in [-0.05, 0) is 19.3 Å². The summed E-state index contributed by atoms with van der Waals surface area (Å²) < 4.78 is 5.28. The molecule has 0 bridgehead atoms. The van der Waals surface area contributed by atoms with Crippen LogP contribution in [0.3, 0.4) is 0 Å². The molecule has 166 valence electrons. The molecule has 4 nitrogen and oxygen atoms in total. The molecule has 0 spiro atoms. The second kappa shape index (κ2) is 20.7. The van der Waals surface area contributed by atoms with Crippen molar-refractivity contribution >= 4 is 11.9 Å². The van der Waals surface area contributed by atoms with E-state index >= 15 is 0 Å². The Hall–Kier alpha value is -1.06. The Kier molecular flexibility index (Phi) is 19.9. The molecule has 1 unspecified atom stereocenters. The number of esters is 1. The molecular weight excluding hydrogens is 352 g/mol. The summed E-state index contributed by atoms with van der Waals surface area (Å²) in [5.41, 5.74) is 0. The fourth-order valence-corrected chi connectivity index (χ4v) is 3.40. The summed E-state index contributed by atoms with van der Waals surface area (Å²) in [6.45, 7) is 4.60. The van der Waals surface area contributed by atoms with Gasteiger partial charge in [-0.25, -0.2) is 0 Å². The number of unbranched alkanes of at least 4 members (excludes halogenated alkanes) is 14. The highest BCUT2D eigenvalue weighted by Gasteiger charge is 2.09. The molecule has 0 fully saturated rings. The van der Waals surface area contributed by atoms with Gasteiger partial charge in [0.2, 0.25) is 0 Å². The Morgan fingerprint density at radius 1 is 0.714 bits per heavy atom. The lowest BCUT2D eigenvalue weighted by Crippen LogP contribution is -2.08. The number of ether oxygens (including phenoxy) is 1. The summed E-state index contributed by atoms with van der Waals surface area (Å²) in [6, 6.07) is 0. The molecule has 0 aliphatic heterocycles. The first-order chi connectivity index (χ1) is 13.6. The molecule has 1 atom stereocenters. The van der Waals surface area contributed by atoms with Gasteiger partial charge in [0, 0.05) is 6.42 Å². The molecule has 0 aromatic carbocycles. The van der Waals surface area contributed by atoms with E-state index in [1.807, 2.05) is 0 Å². The van der Waals surface area contributed by atoms with Crippen LogP contribution in [0, 0.1) is 5.92 Å². The van der Waals surface area contributed by atoms with Crippen LogP contribution in [-0.2, 0) is 14.3 Å². The third-order valence-corrected chi connectivity index (χ3v) is 5.45. The van der Waals surface area contributed by atoms with E-state index in [0.29, 0.717) is 13.0 Å². The molecule has 0 aromatic heterocycles. The zero-order chi connectivity index (χ0) is 20.9. The van der Waals surface area contributed by atoms with Crippen molar-refractivity contribution in [3.05, 3.63) is 0 Å². The molecule has 0 rings (SSSR count). The lowest BCUT2D eigenvalue weighted by Gasteiger charge is -2.06. The van der Waals surface area contributed by atoms with Crippen molar-refractivity contribution in [3.8, 4) is 0 Å². The smallest absolute Gasteiger partial charge is 0.306 e. The number of aliphatic carboxylic acids is 1. The van der Waals surface area contributed by atoms with Gasteiger partial charge in [-0.15, -0.1) is 0 Å². The van der Waals surface area contributed by atoms with Crippen molar-refractivity contribution in [2.75, 3.05) is 6.61 Å². The minimum atomic E-state index is -0.672. The number of hydrogen-bond donors (Lipinski definition) is 1. The number of hydrogen-bond acceptors (Lipinski definition) is 3. The number of carboxylic acid groups (broad SMARTS) is 1. The van der Waals surface area contributed by atoms with Crippen LogP contribution in [0.1, 0.15) is 129 Å². The van der Waals surface area contributed by atoms with Crippen LogP contribution in [0.2, 0.25) is 0 Å². The normalized spacial score (nSPS) is 12.1. The maximum Gasteiger partial charge on any atom is 0.306 e. The van der Waals surface area contributed by atoms with Crippen molar-refractivity contribution in [3.63, 3.8) is 0 Å². The summed E-state index contributed by atoms with van der Waals surface area (Å²) >= 11 is 0. The topological polar surface area (TPSA) is 63.6 Å². The number of carbonyl (C=O) groups is 2. The fourth-order valence-electron chi connectivity index (χ4n) is 3.40. The second-order valence-electron chi connectivity index (χ2n) is 8.30. The van der Waals surface area contributed by atoms with Crippen LogP contribution in [0.5, 0.6) is 0 Å². The zero-order valence-corrected chi connectivity index (χ0v) is 18.7. The first-order valence-corrected chi connectivity index (χ1v) is 12.0. The molecule has 28 heavy (non-hydrogen) atoms. The van der Waals surface area contributed by atoms with Gasteiger partial charge < -0.3 is 9.84 Å². The lowest BCUT2D eigenvalue weighted by molar-refractivity contribution is -0.144. The monoisotopic (exact) mass is 398 g/mol. The van der Waals surface area contributed by atoms with Gasteiger partial charge in [-0.1, -0.05) is 104 Å². The summed E-state index contributed by atoms with van der Waals surface area (Å²) in [5.74, 6) is -0.889. The lowest BCUT2D eigenvalue weighted by atomic mass is 10.0. The van der Waals surface area contributed by atoms with Crippen LogP contribution in [0.25, 0.3) is 0 Å². The third-order valence-electron chi connectivity index (χ3n) is 5.45. The summed E-state index contributed by atoms with van der Waals surface area (Å²) in [4.78, 5) is 22.4. The van der Waals surface area contributed by atoms with E-state index in [2.05, 4.69) is 6.92 Å². The average molecular weight is 399 g/mol. The number of carbonyl (C=O) groups excluding carboxylic acids is 1. The maximum absolute atomic E-state index is 11.6. The third kappa shape index (κ3) is 19.7. The average Bonchev–Trinajstić information content (AvgIpc) is 2.67. The molecule has 1 N–H and O–H groups in total. The number of carboxylic acids is 1. The summed E-state index contributed by atoms with van der Waals surface area (Å²) in [7, 11) is 0. The SMILES string of the molecule is CCCCCCCOC(=O)CCCCCCCCCCCCCC(C)C(=O)O. The van der Waals surface area contributed by atoms with Gasteiger partial charge in [-0.2, -0.15) is 0 Å². The Labute approximate surface area is 173 Å². The Bertz CT molecular complexity index is 368. The highest BCUT2D eigenvalue weighted by molar-refractivity contribution is 5.69. The zero-order valence-electron chi connectivity index (χ0n) is 18.7. The largest absolute Gasteiger partial charge is 0.481 e. The summed E-state index contributed by atoms with van der Waals surface area (Å²) in [5, 5.41) is 8.83. The molecular formula is C24H46O4. The molecule has 0 aliphatic rings. The van der Waals surface area contributed by atoms with E-state index in [0.717, 1.165) is 38.5 Å². The first kappa shape index (κ1) is 26.9. The van der Waals surface area contributed by atoms with Crippen LogP contribution in [-0.4, -0.2) is 23.7 Å². The maximum atomic E-state index is 11.6. The molecule has 0 amide bonds. The van der Waals surface area contributed by atoms with E-state index in [-0.39, 0.29) is 11.9 Å². The van der Waals surface area contributed by atoms with Crippen molar-refractivity contribution in [2.24, 2.45) is 5.92 Å². The standard InChI is InChI=1S/C24H46O4/c1-3-4-5-15-18-21-28-23(25)20-17-14-12-10-8-6-7-9-11-13-16-19-22(2)24(26)27/h22H,3-21H2,1-2H3,(H,26,27). The van der Waals surface area contributed by atoms with Crippen molar-refractivity contribution in [2.45, 2.75) is 129 Å². The Morgan fingerprint density at radius 3 is 1.71 bits per heavy atom. The van der Waals surface area contributed by atoms with Gasteiger partial charge in [0.05, 0.1) is 12.5 Å². The predicted octanol–water partition coefficient (Wildman–Crippen LogP) is 7.29. The molecule has 4 heteroatoms. The Morgan fingerprint density at radius 2 is 1.18 bits per heavy atom. The molecule has 0 saturated heterocycles. The summed E-state index contributed by atoms with van der Waals surface area (Å²) in [6.07, 6.45) is 20.5. The van der Waals surface area contributed by atoms with Crippen LogP contribution in [0.15, 0.2) is 0 Å². The van der Waals surface area contributed by atoms with E-state index in [1.54, 1.807) is 6.92 Å². The minimum Gasteiger partial charge on any atom is -0.481 e. The fraction of sp³-hybridized carbons (Fsp3) is 0.917. The highest BCUT2D eigenvalue weighted by atomic mass is 16.5. The van der Waals surface area contributed by atoms with E-state index < -0.39 is 5.97 Å². The van der Waals surface area contributed by atoms with Gasteiger partial charge in [0.25, 0.3) is 0 Å². The minimum absolute atomic E-state index is 0.0201. The molecule has 0 heterocycles. The van der Waals surface area contributed by atoms with Crippen LogP contribution in [0.4, 0.5) is 0 Å². The van der Waals surface area contributed by atoms with Crippen molar-refractivity contribution in [1.29, 1.82) is 0 Å². The van der Waals surface area contributed by atoms with Crippen molar-refractivity contribution < 1.29 is 19.4 Å². The first-order valence-electron chi connectivity index (χ1n) is 12.0. The van der Waals surface area contributed by atoms with Gasteiger partial charge in [0.1, 0.15) is 0 Å². The van der Waals surface area contributed by atoms with Gasteiger partial charge >= 0.3 is 11.9 Å². The van der Waals surface area contributed by atoms with Crippen LogP contribution >= 0.6 is 0 Å². The number of rotatable bonds is 21. The predicted molar refractivity (Wildman–Crippen MR) is 117 cm³/mol. The second-order valence-corrected chi connectivity index (χ2v) is 8.30. The molecule has 0 aliphatic carbocycles. The molecule has 0 radical (unpaired) electrons. The Balaban J connectivity index is 3.19. The molecule has 0 saturated carbocycles. The van der Waals surface area contributed by atoms with E-state index in [1.165, 1.54) is 70.6 Å². The van der Waals surface area contributed by atoms with E-state index in [4.69, 9.17) is 9.84 Å².